The first kappa shape index (κ1) is 44.5. The van der Waals surface area contributed by atoms with E-state index in [2.05, 4.69) is 50.2 Å². The van der Waals surface area contributed by atoms with Gasteiger partial charge in [-0.3, -0.25) is 9.59 Å². The van der Waals surface area contributed by atoms with Crippen molar-refractivity contribution in [2.45, 2.75) is 20.8 Å². The van der Waals surface area contributed by atoms with Crippen LogP contribution >= 0.6 is 11.6 Å². The van der Waals surface area contributed by atoms with E-state index in [1.807, 2.05) is 60.7 Å². The van der Waals surface area contributed by atoms with Crippen molar-refractivity contribution in [1.29, 1.82) is 0 Å². The smallest absolute Gasteiger partial charge is 0.336 e. The molecule has 1 heterocycles. The zero-order valence-electron chi connectivity index (χ0n) is 36.8. The standard InChI is InChI=1S/C35H21ClO5.C21H16O2.C2H4O2/c1-18-19-8-2-4-10-21(19)33(22-11-5-3-9-20(18)22)25-14-26-31(16-29(25)37)41-32-17-30(38)28(36)15-27(32)34(26)23-12-6-7-13-24(23)35(39)40;1-13-15-6-2-4-8-17(15)21(18-9-5-3-7-16(13)18)19-11-10-14(22)12-20(19)23;1-2(3)4/h2-17,38H,1H3,(H,39,40);2-12,22-23H,1H3;1H3,(H,3,4). The molecule has 9 aromatic rings. The van der Waals surface area contributed by atoms with Gasteiger partial charge in [0.2, 0.25) is 0 Å². The van der Waals surface area contributed by atoms with E-state index in [1.54, 1.807) is 42.5 Å². The van der Waals surface area contributed by atoms with Crippen molar-refractivity contribution in [3.63, 3.8) is 0 Å². The van der Waals surface area contributed by atoms with Crippen LogP contribution in [0.15, 0.2) is 173 Å². The molecule has 0 fully saturated rings. The van der Waals surface area contributed by atoms with Crippen LogP contribution in [0.4, 0.5) is 0 Å². The van der Waals surface area contributed by atoms with Crippen LogP contribution in [-0.4, -0.2) is 37.5 Å². The van der Waals surface area contributed by atoms with Crippen molar-refractivity contribution in [2.24, 2.45) is 0 Å². The Kier molecular flexibility index (Phi) is 11.8. The molecule has 0 saturated carbocycles. The molecule has 5 N–H and O–H groups in total. The van der Waals surface area contributed by atoms with Gasteiger partial charge in [0.05, 0.1) is 10.6 Å². The summed E-state index contributed by atoms with van der Waals surface area (Å²) in [6.07, 6.45) is 0. The average molecular weight is 917 g/mol. The van der Waals surface area contributed by atoms with Crippen LogP contribution in [-0.2, 0) is 4.79 Å². The number of carbonyl (C=O) groups is 2. The molecule has 9 aromatic carbocycles. The van der Waals surface area contributed by atoms with Crippen LogP contribution in [0.2, 0.25) is 5.02 Å². The Morgan fingerprint density at radius 3 is 1.41 bits per heavy atom. The number of aromatic hydroxyl groups is 3. The predicted molar refractivity (Wildman–Crippen MR) is 272 cm³/mol. The largest absolute Gasteiger partial charge is 0.508 e. The summed E-state index contributed by atoms with van der Waals surface area (Å²) in [6, 6.07) is 50.1. The van der Waals surface area contributed by atoms with Gasteiger partial charge in [-0.15, -0.1) is 0 Å². The highest BCUT2D eigenvalue weighted by atomic mass is 35.5. The van der Waals surface area contributed by atoms with Gasteiger partial charge < -0.3 is 29.9 Å². The first-order valence-electron chi connectivity index (χ1n) is 21.5. The van der Waals surface area contributed by atoms with Crippen LogP contribution in [0.1, 0.15) is 28.4 Å². The molecule has 0 saturated heterocycles. The number of hydrogen-bond acceptors (Lipinski definition) is 7. The summed E-state index contributed by atoms with van der Waals surface area (Å²) < 4.78 is 6.14. The summed E-state index contributed by atoms with van der Waals surface area (Å²) >= 11 is 6.34. The number of phenols is 3. The molecule has 0 unspecified atom stereocenters. The van der Waals surface area contributed by atoms with Crippen molar-refractivity contribution < 1.29 is 39.5 Å². The summed E-state index contributed by atoms with van der Waals surface area (Å²) in [5.74, 6) is -1.69. The van der Waals surface area contributed by atoms with Gasteiger partial charge in [0.15, 0.2) is 5.43 Å². The van der Waals surface area contributed by atoms with Gasteiger partial charge in [-0.05, 0) is 104 Å². The molecule has 9 nitrogen and oxygen atoms in total. The van der Waals surface area contributed by atoms with E-state index < -0.39 is 11.9 Å². The van der Waals surface area contributed by atoms with Gasteiger partial charge in [-0.1, -0.05) is 127 Å². The molecule has 0 atom stereocenters. The fourth-order valence-corrected chi connectivity index (χ4v) is 9.47. The molecule has 0 amide bonds. The molecule has 0 spiro atoms. The Bertz CT molecular complexity index is 3750. The number of aliphatic carboxylic acids is 1. The van der Waals surface area contributed by atoms with Gasteiger partial charge in [-0.25, -0.2) is 4.79 Å². The lowest BCUT2D eigenvalue weighted by atomic mass is 9.85. The van der Waals surface area contributed by atoms with E-state index in [4.69, 9.17) is 25.9 Å². The molecule has 11 rings (SSSR count). The Morgan fingerprint density at radius 2 is 0.926 bits per heavy atom. The highest BCUT2D eigenvalue weighted by Crippen LogP contribution is 2.47. The zero-order valence-corrected chi connectivity index (χ0v) is 37.6. The second-order valence-electron chi connectivity index (χ2n) is 16.4. The number of aromatic carboxylic acids is 1. The lowest BCUT2D eigenvalue weighted by molar-refractivity contribution is -0.134. The minimum absolute atomic E-state index is 0.0620. The van der Waals surface area contributed by atoms with Crippen LogP contribution in [0.3, 0.4) is 0 Å². The van der Waals surface area contributed by atoms with E-state index in [9.17, 15) is 30.0 Å². The fourth-order valence-electron chi connectivity index (χ4n) is 9.30. The van der Waals surface area contributed by atoms with E-state index >= 15 is 0 Å². The molecule has 68 heavy (non-hydrogen) atoms. The van der Waals surface area contributed by atoms with E-state index in [0.29, 0.717) is 27.6 Å². The first-order valence-corrected chi connectivity index (χ1v) is 21.9. The van der Waals surface area contributed by atoms with Gasteiger partial charge in [0.25, 0.3) is 5.97 Å². The predicted octanol–water partition coefficient (Wildman–Crippen LogP) is 14.4. The number of hydrogen-bond donors (Lipinski definition) is 5. The number of fused-ring (bicyclic) bond motifs is 6. The van der Waals surface area contributed by atoms with Crippen LogP contribution in [0.25, 0.3) is 98.8 Å². The number of aryl methyl sites for hydroxylation is 2. The second kappa shape index (κ2) is 18.0. The summed E-state index contributed by atoms with van der Waals surface area (Å²) in [4.78, 5) is 35.2. The quantitative estimate of drug-likeness (QED) is 0.108. The number of phenolic OH excluding ortho intramolecular Hbond substituents is 3. The Labute approximate surface area is 394 Å². The topological polar surface area (TPSA) is 165 Å². The van der Waals surface area contributed by atoms with Crippen LogP contribution in [0, 0.1) is 13.8 Å². The highest BCUT2D eigenvalue weighted by Gasteiger charge is 2.25. The summed E-state index contributed by atoms with van der Waals surface area (Å²) in [5.41, 5.74) is 7.02. The summed E-state index contributed by atoms with van der Waals surface area (Å²) in [7, 11) is 0. The Balaban J connectivity index is 0.000000180. The van der Waals surface area contributed by atoms with Crippen molar-refractivity contribution in [3.8, 4) is 62.0 Å². The van der Waals surface area contributed by atoms with Gasteiger partial charge in [0.1, 0.15) is 28.6 Å². The fraction of sp³-hybridized carbons (Fsp3) is 0.0517. The van der Waals surface area contributed by atoms with Gasteiger partial charge in [0, 0.05) is 63.9 Å². The van der Waals surface area contributed by atoms with Crippen LogP contribution < -0.4 is 5.43 Å². The SMILES string of the molecule is CC(=O)O.Cc1c2ccccc2c(-c2cc3c(-c4ccccc4C(=O)O)c4cc(Cl)c(O)cc4oc-3cc2=O)c2ccccc12.Cc1c2ccccc2c(-c2ccc(O)cc2O)c2ccccc12. The third kappa shape index (κ3) is 7.95. The maximum atomic E-state index is 13.9. The number of benzene rings is 10. The molecule has 0 aromatic heterocycles. The minimum Gasteiger partial charge on any atom is -0.508 e. The number of rotatable bonds is 4. The maximum absolute atomic E-state index is 13.9. The van der Waals surface area contributed by atoms with Crippen molar-refractivity contribution in [3.05, 3.63) is 196 Å². The van der Waals surface area contributed by atoms with Crippen molar-refractivity contribution in [1.82, 2.24) is 0 Å². The monoisotopic (exact) mass is 916 g/mol. The van der Waals surface area contributed by atoms with E-state index in [1.165, 1.54) is 40.6 Å². The second-order valence-corrected chi connectivity index (χ2v) is 16.8. The minimum atomic E-state index is -1.09. The van der Waals surface area contributed by atoms with Gasteiger partial charge in [-0.2, -0.15) is 0 Å². The third-order valence-corrected chi connectivity index (χ3v) is 12.5. The lowest BCUT2D eigenvalue weighted by Gasteiger charge is -2.19. The zero-order chi connectivity index (χ0) is 48.0. The third-order valence-electron chi connectivity index (χ3n) is 12.2. The van der Waals surface area contributed by atoms with Crippen molar-refractivity contribution >= 4 is 77.6 Å². The molecule has 1 aliphatic carbocycles. The number of carboxylic acid groups (broad SMARTS) is 2. The molecular weight excluding hydrogens is 876 g/mol. The molecule has 1 aliphatic heterocycles. The molecular formula is C58H41ClO9. The molecule has 2 aliphatic rings. The molecule has 10 heteroatoms. The summed E-state index contributed by atoms with van der Waals surface area (Å²) in [5, 5.41) is 56.9. The summed E-state index contributed by atoms with van der Waals surface area (Å²) in [6.45, 7) is 5.29. The molecule has 334 valence electrons. The van der Waals surface area contributed by atoms with Crippen molar-refractivity contribution in [2.75, 3.05) is 0 Å². The highest BCUT2D eigenvalue weighted by molar-refractivity contribution is 6.33. The lowest BCUT2D eigenvalue weighted by Crippen LogP contribution is -2.08. The first-order chi connectivity index (χ1) is 32.7. The van der Waals surface area contributed by atoms with E-state index in [-0.39, 0.29) is 44.6 Å². The van der Waals surface area contributed by atoms with E-state index in [0.717, 1.165) is 61.5 Å². The number of carboxylic acids is 2. The Hall–Kier alpha value is -8.66. The van der Waals surface area contributed by atoms with Crippen LogP contribution in [0.5, 0.6) is 17.2 Å². The average Bonchev–Trinajstić information content (AvgIpc) is 3.32. The normalized spacial score (nSPS) is 11.1. The molecule has 0 bridgehead atoms. The Morgan fingerprint density at radius 1 is 0.471 bits per heavy atom. The number of halogens is 1. The molecule has 0 radical (unpaired) electrons. The maximum Gasteiger partial charge on any atom is 0.336 e. The van der Waals surface area contributed by atoms with Gasteiger partial charge >= 0.3 is 5.97 Å².